The minimum absolute atomic E-state index is 0.286. The second-order valence-electron chi connectivity index (χ2n) is 3.79. The Morgan fingerprint density at radius 2 is 2.00 bits per heavy atom. The first kappa shape index (κ1) is 13.1. The highest BCUT2D eigenvalue weighted by Gasteiger charge is 2.31. The average molecular weight is 270 g/mol. The first-order valence-electron chi connectivity index (χ1n) is 5.28. The summed E-state index contributed by atoms with van der Waals surface area (Å²) in [5, 5.41) is 0. The van der Waals surface area contributed by atoms with Crippen molar-refractivity contribution in [2.45, 2.75) is 13.3 Å². The van der Waals surface area contributed by atoms with Gasteiger partial charge in [-0.3, -0.25) is 4.79 Å². The summed E-state index contributed by atoms with van der Waals surface area (Å²) in [7, 11) is 0. The molecule has 0 atom stereocenters. The van der Waals surface area contributed by atoms with Crippen LogP contribution in [-0.4, -0.2) is 16.3 Å². The molecule has 1 heterocycles. The standard InChI is InChI=1S/C12H9F3N2O2/c1-7-16-10(6-11(18)17-7)8-3-2-4-9(5-8)19-12(13,14)15/h2-6H,1H3,(H,16,17,18). The van der Waals surface area contributed by atoms with Crippen LogP contribution in [-0.2, 0) is 0 Å². The number of benzene rings is 1. The number of rotatable bonds is 2. The molecule has 0 fully saturated rings. The maximum atomic E-state index is 12.1. The zero-order valence-corrected chi connectivity index (χ0v) is 9.78. The fourth-order valence-corrected chi connectivity index (χ4v) is 1.58. The number of aromatic amines is 1. The van der Waals surface area contributed by atoms with E-state index in [9.17, 15) is 18.0 Å². The zero-order chi connectivity index (χ0) is 14.0. The summed E-state index contributed by atoms with van der Waals surface area (Å²) >= 11 is 0. The van der Waals surface area contributed by atoms with E-state index in [0.29, 0.717) is 11.4 Å². The molecule has 2 aromatic rings. The summed E-state index contributed by atoms with van der Waals surface area (Å²) in [5.74, 6) is 0.0226. The molecule has 1 aromatic heterocycles. The van der Waals surface area contributed by atoms with Gasteiger partial charge in [-0.15, -0.1) is 13.2 Å². The van der Waals surface area contributed by atoms with E-state index in [-0.39, 0.29) is 17.0 Å². The number of hydrogen-bond donors (Lipinski definition) is 1. The lowest BCUT2D eigenvalue weighted by molar-refractivity contribution is -0.274. The predicted molar refractivity (Wildman–Crippen MR) is 61.7 cm³/mol. The van der Waals surface area contributed by atoms with Crippen LogP contribution in [0.3, 0.4) is 0 Å². The van der Waals surface area contributed by atoms with Crippen molar-refractivity contribution in [3.63, 3.8) is 0 Å². The summed E-state index contributed by atoms with van der Waals surface area (Å²) < 4.78 is 40.1. The van der Waals surface area contributed by atoms with E-state index in [4.69, 9.17) is 0 Å². The molecule has 1 aromatic carbocycles. The Bertz CT molecular complexity index is 650. The molecule has 0 aliphatic carbocycles. The van der Waals surface area contributed by atoms with Crippen LogP contribution >= 0.6 is 0 Å². The van der Waals surface area contributed by atoms with Crippen LogP contribution in [0.25, 0.3) is 11.3 Å². The third kappa shape index (κ3) is 3.57. The number of nitrogens with one attached hydrogen (secondary N) is 1. The largest absolute Gasteiger partial charge is 0.573 e. The van der Waals surface area contributed by atoms with Crippen LogP contribution in [0.1, 0.15) is 5.82 Å². The number of halogens is 3. The SMILES string of the molecule is Cc1nc(-c2cccc(OC(F)(F)F)c2)cc(=O)[nH]1. The van der Waals surface area contributed by atoms with Gasteiger partial charge in [0.1, 0.15) is 11.6 Å². The van der Waals surface area contributed by atoms with E-state index < -0.39 is 6.36 Å². The third-order valence-corrected chi connectivity index (χ3v) is 2.22. The highest BCUT2D eigenvalue weighted by atomic mass is 19.4. The first-order chi connectivity index (χ1) is 8.83. The number of nitrogens with zero attached hydrogens (tertiary/aromatic N) is 1. The molecule has 100 valence electrons. The number of H-pyrrole nitrogens is 1. The van der Waals surface area contributed by atoms with Gasteiger partial charge in [-0.2, -0.15) is 0 Å². The highest BCUT2D eigenvalue weighted by molar-refractivity contribution is 5.60. The smallest absolute Gasteiger partial charge is 0.406 e. The second kappa shape index (κ2) is 4.75. The number of ether oxygens (including phenoxy) is 1. The van der Waals surface area contributed by atoms with Crippen molar-refractivity contribution in [1.82, 2.24) is 9.97 Å². The van der Waals surface area contributed by atoms with Gasteiger partial charge in [0.25, 0.3) is 5.56 Å². The molecule has 7 heteroatoms. The minimum atomic E-state index is -4.75. The number of aryl methyl sites for hydroxylation is 1. The Hall–Kier alpha value is -2.31. The van der Waals surface area contributed by atoms with Crippen molar-refractivity contribution in [3.8, 4) is 17.0 Å². The summed E-state index contributed by atoms with van der Waals surface area (Å²) in [6.07, 6.45) is -4.75. The maximum Gasteiger partial charge on any atom is 0.573 e. The molecule has 4 nitrogen and oxygen atoms in total. The van der Waals surface area contributed by atoms with Crippen LogP contribution < -0.4 is 10.3 Å². The van der Waals surface area contributed by atoms with E-state index in [1.807, 2.05) is 0 Å². The van der Waals surface area contributed by atoms with Crippen LogP contribution in [0.2, 0.25) is 0 Å². The second-order valence-corrected chi connectivity index (χ2v) is 3.79. The van der Waals surface area contributed by atoms with Gasteiger partial charge in [0.15, 0.2) is 0 Å². The molecule has 0 radical (unpaired) electrons. The Kier molecular flexibility index (Phi) is 3.28. The molecule has 0 amide bonds. The van der Waals surface area contributed by atoms with E-state index >= 15 is 0 Å². The molecular weight excluding hydrogens is 261 g/mol. The number of aromatic nitrogens is 2. The lowest BCUT2D eigenvalue weighted by Gasteiger charge is -2.09. The van der Waals surface area contributed by atoms with Crippen LogP contribution in [0.15, 0.2) is 35.1 Å². The molecule has 19 heavy (non-hydrogen) atoms. The predicted octanol–water partition coefficient (Wildman–Crippen LogP) is 2.64. The summed E-state index contributed by atoms with van der Waals surface area (Å²) in [6, 6.07) is 6.50. The lowest BCUT2D eigenvalue weighted by atomic mass is 10.1. The maximum absolute atomic E-state index is 12.1. The average Bonchev–Trinajstić information content (AvgIpc) is 2.25. The Labute approximate surface area is 105 Å². The molecule has 0 saturated heterocycles. The molecule has 0 aliphatic rings. The molecule has 0 aliphatic heterocycles. The highest BCUT2D eigenvalue weighted by Crippen LogP contribution is 2.26. The van der Waals surface area contributed by atoms with Crippen molar-refractivity contribution >= 4 is 0 Å². The van der Waals surface area contributed by atoms with Gasteiger partial charge in [0.2, 0.25) is 0 Å². The minimum Gasteiger partial charge on any atom is -0.406 e. The van der Waals surface area contributed by atoms with E-state index in [2.05, 4.69) is 14.7 Å². The molecule has 0 unspecified atom stereocenters. The van der Waals surface area contributed by atoms with E-state index in [0.717, 1.165) is 0 Å². The monoisotopic (exact) mass is 270 g/mol. The molecule has 0 bridgehead atoms. The molecule has 2 rings (SSSR count). The Balaban J connectivity index is 2.40. The summed E-state index contributed by atoms with van der Waals surface area (Å²) in [6.45, 7) is 1.58. The third-order valence-electron chi connectivity index (χ3n) is 2.22. The van der Waals surface area contributed by atoms with Crippen LogP contribution in [0.5, 0.6) is 5.75 Å². The quantitative estimate of drug-likeness (QED) is 0.912. The van der Waals surface area contributed by atoms with Crippen LogP contribution in [0, 0.1) is 6.92 Å². The van der Waals surface area contributed by atoms with Gasteiger partial charge in [-0.1, -0.05) is 12.1 Å². The van der Waals surface area contributed by atoms with Gasteiger partial charge < -0.3 is 9.72 Å². The molecule has 1 N–H and O–H groups in total. The van der Waals surface area contributed by atoms with Crippen molar-refractivity contribution in [1.29, 1.82) is 0 Å². The fraction of sp³-hybridized carbons (Fsp3) is 0.167. The fourth-order valence-electron chi connectivity index (χ4n) is 1.58. The van der Waals surface area contributed by atoms with Crippen molar-refractivity contribution in [3.05, 3.63) is 46.5 Å². The van der Waals surface area contributed by atoms with Gasteiger partial charge in [0.05, 0.1) is 5.69 Å². The zero-order valence-electron chi connectivity index (χ0n) is 9.78. The molecule has 0 spiro atoms. The van der Waals surface area contributed by atoms with Crippen LogP contribution in [0.4, 0.5) is 13.2 Å². The first-order valence-corrected chi connectivity index (χ1v) is 5.28. The van der Waals surface area contributed by atoms with Gasteiger partial charge in [-0.25, -0.2) is 4.98 Å². The normalized spacial score (nSPS) is 11.4. The van der Waals surface area contributed by atoms with E-state index in [1.165, 1.54) is 24.3 Å². The van der Waals surface area contributed by atoms with Crippen molar-refractivity contribution < 1.29 is 17.9 Å². The molecule has 0 saturated carbocycles. The summed E-state index contributed by atoms with van der Waals surface area (Å²) in [5.41, 5.74) is 0.287. The number of hydrogen-bond acceptors (Lipinski definition) is 3. The molecular formula is C12H9F3N2O2. The Morgan fingerprint density at radius 1 is 1.26 bits per heavy atom. The van der Waals surface area contributed by atoms with Crippen molar-refractivity contribution in [2.75, 3.05) is 0 Å². The van der Waals surface area contributed by atoms with Gasteiger partial charge in [-0.05, 0) is 19.1 Å². The van der Waals surface area contributed by atoms with Gasteiger partial charge >= 0.3 is 6.36 Å². The summed E-state index contributed by atoms with van der Waals surface area (Å²) in [4.78, 5) is 17.8. The van der Waals surface area contributed by atoms with Gasteiger partial charge in [0, 0.05) is 11.6 Å². The van der Waals surface area contributed by atoms with E-state index in [1.54, 1.807) is 13.0 Å². The number of alkyl halides is 3. The topological polar surface area (TPSA) is 55.0 Å². The van der Waals surface area contributed by atoms with Crippen molar-refractivity contribution in [2.24, 2.45) is 0 Å². The lowest BCUT2D eigenvalue weighted by Crippen LogP contribution is -2.17. The Morgan fingerprint density at radius 3 is 2.63 bits per heavy atom.